The second kappa shape index (κ2) is 8.11. The monoisotopic (exact) mass is 556 g/mol. The van der Waals surface area contributed by atoms with Gasteiger partial charge in [-0.15, -0.1) is 0 Å². The molecule has 0 saturated heterocycles. The Morgan fingerprint density at radius 1 is 0.558 bits per heavy atom. The summed E-state index contributed by atoms with van der Waals surface area (Å²) in [7, 11) is 0. The van der Waals surface area contributed by atoms with Crippen LogP contribution in [0.1, 0.15) is 0 Å². The van der Waals surface area contributed by atoms with Crippen molar-refractivity contribution in [3.8, 4) is 11.4 Å². The Kier molecular flexibility index (Phi) is 4.29. The molecule has 0 aliphatic carbocycles. The quantitative estimate of drug-likeness (QED) is 0.213. The number of benzene rings is 6. The van der Waals surface area contributed by atoms with Crippen LogP contribution in [0, 0.1) is 5.82 Å². The highest BCUT2D eigenvalue weighted by Gasteiger charge is 2.21. The van der Waals surface area contributed by atoms with Crippen molar-refractivity contribution in [3.63, 3.8) is 0 Å². The van der Waals surface area contributed by atoms with E-state index in [4.69, 9.17) is 9.40 Å². The number of furan rings is 1. The first kappa shape index (κ1) is 22.8. The second-order valence-corrected chi connectivity index (χ2v) is 11.0. The molecule has 4 heterocycles. The SMILES string of the molecule is Fc1cccc2c1c1ccccc1n2-c1ccc2oc3c(-n4c5ccccc5n5c6ccccc6nc45)cccc3c2c1. The normalized spacial score (nSPS) is 12.3. The van der Waals surface area contributed by atoms with Gasteiger partial charge in [-0.25, -0.2) is 9.37 Å². The van der Waals surface area contributed by atoms with E-state index in [1.807, 2.05) is 60.7 Å². The maximum atomic E-state index is 15.1. The summed E-state index contributed by atoms with van der Waals surface area (Å²) in [4.78, 5) is 5.05. The third kappa shape index (κ3) is 2.91. The van der Waals surface area contributed by atoms with Gasteiger partial charge >= 0.3 is 0 Å². The molecule has 202 valence electrons. The van der Waals surface area contributed by atoms with Gasteiger partial charge in [0.05, 0.1) is 38.8 Å². The van der Waals surface area contributed by atoms with Gasteiger partial charge in [0.25, 0.3) is 0 Å². The first-order chi connectivity index (χ1) is 21.3. The zero-order valence-corrected chi connectivity index (χ0v) is 22.7. The van der Waals surface area contributed by atoms with Crippen molar-refractivity contribution in [2.75, 3.05) is 0 Å². The summed E-state index contributed by atoms with van der Waals surface area (Å²) >= 11 is 0. The van der Waals surface area contributed by atoms with Crippen LogP contribution in [0.15, 0.2) is 132 Å². The lowest BCUT2D eigenvalue weighted by Gasteiger charge is -2.08. The molecule has 6 aromatic carbocycles. The second-order valence-electron chi connectivity index (χ2n) is 11.0. The Morgan fingerprint density at radius 3 is 2.19 bits per heavy atom. The fraction of sp³-hybridized carbons (Fsp3) is 0. The number of fused-ring (bicyclic) bond motifs is 11. The number of para-hydroxylation sites is 6. The van der Waals surface area contributed by atoms with E-state index in [9.17, 15) is 0 Å². The summed E-state index contributed by atoms with van der Waals surface area (Å²) in [5.74, 6) is 0.618. The molecule has 0 saturated carbocycles. The molecule has 5 nitrogen and oxygen atoms in total. The molecule has 43 heavy (non-hydrogen) atoms. The third-order valence-electron chi connectivity index (χ3n) is 8.71. The zero-order valence-electron chi connectivity index (χ0n) is 22.7. The molecular formula is C37H21FN4O. The molecule has 0 fully saturated rings. The summed E-state index contributed by atoms with van der Waals surface area (Å²) < 4.78 is 28.2. The van der Waals surface area contributed by atoms with Crippen LogP contribution >= 0.6 is 0 Å². The Morgan fingerprint density at radius 2 is 1.28 bits per heavy atom. The van der Waals surface area contributed by atoms with E-state index in [2.05, 4.69) is 68.1 Å². The number of nitrogens with zero attached hydrogens (tertiary/aromatic N) is 4. The molecular weight excluding hydrogens is 535 g/mol. The Hall–Kier alpha value is -5.88. The predicted molar refractivity (Wildman–Crippen MR) is 171 cm³/mol. The van der Waals surface area contributed by atoms with Crippen molar-refractivity contribution in [3.05, 3.63) is 133 Å². The van der Waals surface area contributed by atoms with Gasteiger partial charge in [-0.3, -0.25) is 8.97 Å². The summed E-state index contributed by atoms with van der Waals surface area (Å²) in [6.45, 7) is 0. The molecule has 0 atom stereocenters. The van der Waals surface area contributed by atoms with E-state index in [0.717, 1.165) is 77.6 Å². The molecule has 0 aliphatic heterocycles. The highest BCUT2D eigenvalue weighted by Crippen LogP contribution is 2.39. The molecule has 4 aromatic heterocycles. The Labute approximate surface area is 243 Å². The maximum Gasteiger partial charge on any atom is 0.220 e. The van der Waals surface area contributed by atoms with Crippen molar-refractivity contribution in [1.29, 1.82) is 0 Å². The highest BCUT2D eigenvalue weighted by molar-refractivity contribution is 6.12. The molecule has 0 amide bonds. The lowest BCUT2D eigenvalue weighted by molar-refractivity contribution is 0.640. The standard InChI is InChI=1S/C37H21FN4O/c38-26-11-8-17-32-35(26)24-9-1-3-13-28(24)40(32)22-19-20-34-25(21-22)23-10-7-18-33(36(23)43-34)42-31-16-6-5-15-30(31)41-29-14-4-2-12-27(29)39-37(41)42/h1-21H. The number of rotatable bonds is 2. The van der Waals surface area contributed by atoms with Crippen molar-refractivity contribution in [2.24, 2.45) is 0 Å². The summed E-state index contributed by atoms with van der Waals surface area (Å²) in [5.41, 5.74) is 9.40. The summed E-state index contributed by atoms with van der Waals surface area (Å²) in [5, 5.41) is 3.53. The summed E-state index contributed by atoms with van der Waals surface area (Å²) in [6.07, 6.45) is 0. The molecule has 10 rings (SSSR count). The molecule has 0 N–H and O–H groups in total. The molecule has 0 spiro atoms. The number of aromatic nitrogens is 4. The lowest BCUT2D eigenvalue weighted by atomic mass is 10.1. The fourth-order valence-corrected chi connectivity index (χ4v) is 6.93. The molecule has 0 aliphatic rings. The minimum atomic E-state index is -0.219. The van der Waals surface area contributed by atoms with Crippen LogP contribution < -0.4 is 0 Å². The van der Waals surface area contributed by atoms with Gasteiger partial charge in [-0.2, -0.15) is 0 Å². The average molecular weight is 557 g/mol. The van der Waals surface area contributed by atoms with Crippen LogP contribution in [0.4, 0.5) is 4.39 Å². The molecule has 0 bridgehead atoms. The highest BCUT2D eigenvalue weighted by atomic mass is 19.1. The number of hydrogen-bond donors (Lipinski definition) is 0. The van der Waals surface area contributed by atoms with Gasteiger partial charge in [0.1, 0.15) is 11.4 Å². The van der Waals surface area contributed by atoms with Crippen molar-refractivity contribution in [1.82, 2.24) is 18.5 Å². The van der Waals surface area contributed by atoms with E-state index in [1.165, 1.54) is 6.07 Å². The van der Waals surface area contributed by atoms with Crippen molar-refractivity contribution in [2.45, 2.75) is 0 Å². The average Bonchev–Trinajstić information content (AvgIpc) is 3.78. The van der Waals surface area contributed by atoms with Gasteiger partial charge in [0, 0.05) is 27.2 Å². The first-order valence-corrected chi connectivity index (χ1v) is 14.3. The zero-order chi connectivity index (χ0) is 28.2. The van der Waals surface area contributed by atoms with Crippen LogP contribution in [0.5, 0.6) is 0 Å². The summed E-state index contributed by atoms with van der Waals surface area (Å²) in [6, 6.07) is 42.3. The topological polar surface area (TPSA) is 40.3 Å². The van der Waals surface area contributed by atoms with Gasteiger partial charge in [-0.1, -0.05) is 60.7 Å². The van der Waals surface area contributed by atoms with Gasteiger partial charge < -0.3 is 8.98 Å². The van der Waals surface area contributed by atoms with E-state index >= 15 is 4.39 Å². The van der Waals surface area contributed by atoms with E-state index < -0.39 is 0 Å². The maximum absolute atomic E-state index is 15.1. The predicted octanol–water partition coefficient (Wildman–Crippen LogP) is 9.57. The largest absolute Gasteiger partial charge is 0.454 e. The van der Waals surface area contributed by atoms with Crippen molar-refractivity contribution < 1.29 is 8.81 Å². The van der Waals surface area contributed by atoms with Crippen LogP contribution in [-0.4, -0.2) is 18.5 Å². The number of imidazole rings is 2. The van der Waals surface area contributed by atoms with Gasteiger partial charge in [-0.05, 0) is 66.7 Å². The van der Waals surface area contributed by atoms with E-state index in [-0.39, 0.29) is 5.82 Å². The minimum absolute atomic E-state index is 0.219. The smallest absolute Gasteiger partial charge is 0.220 e. The Balaban J connectivity index is 1.27. The van der Waals surface area contributed by atoms with Crippen LogP contribution in [0.2, 0.25) is 0 Å². The van der Waals surface area contributed by atoms with E-state index in [1.54, 1.807) is 6.07 Å². The van der Waals surface area contributed by atoms with Crippen LogP contribution in [-0.2, 0) is 0 Å². The number of hydrogen-bond acceptors (Lipinski definition) is 2. The molecule has 0 radical (unpaired) electrons. The first-order valence-electron chi connectivity index (χ1n) is 14.3. The van der Waals surface area contributed by atoms with Gasteiger partial charge in [0.2, 0.25) is 5.78 Å². The van der Waals surface area contributed by atoms with Crippen LogP contribution in [0.3, 0.4) is 0 Å². The number of halogens is 1. The Bertz CT molecular complexity index is 2760. The van der Waals surface area contributed by atoms with Crippen LogP contribution in [0.25, 0.3) is 83.0 Å². The van der Waals surface area contributed by atoms with Gasteiger partial charge in [0.15, 0.2) is 5.58 Å². The fourth-order valence-electron chi connectivity index (χ4n) is 6.93. The lowest BCUT2D eigenvalue weighted by Crippen LogP contribution is -1.95. The van der Waals surface area contributed by atoms with E-state index in [0.29, 0.717) is 5.39 Å². The third-order valence-corrected chi connectivity index (χ3v) is 8.71. The molecule has 6 heteroatoms. The minimum Gasteiger partial charge on any atom is -0.454 e. The molecule has 10 aromatic rings. The molecule has 0 unspecified atom stereocenters. The van der Waals surface area contributed by atoms with Crippen molar-refractivity contribution >= 4 is 71.6 Å².